The van der Waals surface area contributed by atoms with Crippen LogP contribution in [0.25, 0.3) is 10.2 Å². The van der Waals surface area contributed by atoms with E-state index in [1.54, 1.807) is 35.7 Å². The Balaban J connectivity index is 1.72. The molecule has 0 aliphatic heterocycles. The Kier molecular flexibility index (Phi) is 5.86. The average molecular weight is 435 g/mol. The summed E-state index contributed by atoms with van der Waals surface area (Å²) in [5, 5.41) is 1.76. The third kappa shape index (κ3) is 4.22. The van der Waals surface area contributed by atoms with Crippen LogP contribution in [0.1, 0.15) is 28.4 Å². The number of ether oxygens (including phenoxy) is 1. The molecule has 0 unspecified atom stereocenters. The number of aromatic nitrogens is 2. The molecule has 0 aliphatic carbocycles. The normalized spacial score (nSPS) is 11.0. The number of benzene rings is 2. The number of hydrogen-bond acceptors (Lipinski definition) is 5. The van der Waals surface area contributed by atoms with Gasteiger partial charge in [-0.2, -0.15) is 0 Å². The molecule has 158 valence electrons. The number of ketones is 1. The average Bonchev–Trinajstić information content (AvgIpc) is 3.26. The Hall–Kier alpha value is -3.45. The summed E-state index contributed by atoms with van der Waals surface area (Å²) < 4.78 is 8.47. The van der Waals surface area contributed by atoms with E-state index in [1.165, 1.54) is 20.5 Å². The summed E-state index contributed by atoms with van der Waals surface area (Å²) >= 11 is 1.27. The van der Waals surface area contributed by atoms with E-state index in [1.807, 2.05) is 38.1 Å². The Bertz CT molecular complexity index is 1350. The molecule has 2 aromatic carbocycles. The van der Waals surface area contributed by atoms with Gasteiger partial charge in [0.15, 0.2) is 5.78 Å². The molecule has 0 bridgehead atoms. The second kappa shape index (κ2) is 8.73. The van der Waals surface area contributed by atoms with E-state index in [9.17, 15) is 14.4 Å². The molecule has 0 spiro atoms. The molecule has 6 nitrogen and oxygen atoms in total. The van der Waals surface area contributed by atoms with Crippen molar-refractivity contribution in [3.05, 3.63) is 97.5 Å². The predicted molar refractivity (Wildman–Crippen MR) is 123 cm³/mol. The summed E-state index contributed by atoms with van der Waals surface area (Å²) in [7, 11) is 0. The maximum atomic E-state index is 13.2. The Morgan fingerprint density at radius 3 is 2.35 bits per heavy atom. The van der Waals surface area contributed by atoms with Gasteiger partial charge in [0.05, 0.1) is 25.2 Å². The van der Waals surface area contributed by atoms with Crippen molar-refractivity contribution < 1.29 is 9.53 Å². The van der Waals surface area contributed by atoms with Crippen LogP contribution in [0.3, 0.4) is 0 Å². The van der Waals surface area contributed by atoms with Gasteiger partial charge in [-0.1, -0.05) is 29.8 Å². The molecule has 0 atom stereocenters. The summed E-state index contributed by atoms with van der Waals surface area (Å²) in [4.78, 5) is 39.1. The third-order valence-corrected chi connectivity index (χ3v) is 5.98. The minimum absolute atomic E-state index is 0.145. The first-order chi connectivity index (χ1) is 15.0. The fourth-order valence-corrected chi connectivity index (χ4v) is 4.28. The van der Waals surface area contributed by atoms with Crippen LogP contribution in [0.4, 0.5) is 0 Å². The van der Waals surface area contributed by atoms with Crippen LogP contribution < -0.4 is 16.0 Å². The monoisotopic (exact) mass is 434 g/mol. The minimum Gasteiger partial charge on any atom is -0.494 e. The lowest BCUT2D eigenvalue weighted by Crippen LogP contribution is -2.40. The summed E-state index contributed by atoms with van der Waals surface area (Å²) in [5.41, 5.74) is 2.10. The van der Waals surface area contributed by atoms with Gasteiger partial charge in [0.1, 0.15) is 10.4 Å². The molecule has 31 heavy (non-hydrogen) atoms. The van der Waals surface area contributed by atoms with E-state index < -0.39 is 5.69 Å². The van der Waals surface area contributed by atoms with Crippen molar-refractivity contribution in [2.45, 2.75) is 26.9 Å². The number of nitrogens with zero attached hydrogens (tertiary/aromatic N) is 2. The highest BCUT2D eigenvalue weighted by Crippen LogP contribution is 2.17. The van der Waals surface area contributed by atoms with E-state index in [-0.39, 0.29) is 24.4 Å². The van der Waals surface area contributed by atoms with Crippen molar-refractivity contribution in [2.75, 3.05) is 6.61 Å². The zero-order valence-corrected chi connectivity index (χ0v) is 18.1. The van der Waals surface area contributed by atoms with Gasteiger partial charge in [0.2, 0.25) is 0 Å². The van der Waals surface area contributed by atoms with Gasteiger partial charge in [-0.3, -0.25) is 18.7 Å². The second-order valence-electron chi connectivity index (χ2n) is 7.26. The van der Waals surface area contributed by atoms with Crippen LogP contribution in [0.5, 0.6) is 5.75 Å². The third-order valence-electron chi connectivity index (χ3n) is 5.09. The van der Waals surface area contributed by atoms with Crippen LogP contribution in [0.15, 0.2) is 69.6 Å². The maximum absolute atomic E-state index is 13.2. The number of hydrogen-bond donors (Lipinski definition) is 0. The van der Waals surface area contributed by atoms with Crippen LogP contribution in [-0.2, 0) is 13.1 Å². The van der Waals surface area contributed by atoms with Gasteiger partial charge in [0.25, 0.3) is 5.56 Å². The molecule has 0 amide bonds. The number of Topliss-reactive ketones (excluding diaryl/α,β-unsaturated/α-hetero) is 1. The first-order valence-electron chi connectivity index (χ1n) is 10.0. The first kappa shape index (κ1) is 20.8. The Morgan fingerprint density at radius 2 is 1.68 bits per heavy atom. The molecule has 0 N–H and O–H groups in total. The van der Waals surface area contributed by atoms with E-state index in [2.05, 4.69) is 0 Å². The lowest BCUT2D eigenvalue weighted by Gasteiger charge is -2.12. The van der Waals surface area contributed by atoms with Crippen molar-refractivity contribution in [1.29, 1.82) is 0 Å². The highest BCUT2D eigenvalue weighted by atomic mass is 32.1. The van der Waals surface area contributed by atoms with Crippen molar-refractivity contribution in [3.8, 4) is 5.75 Å². The van der Waals surface area contributed by atoms with Gasteiger partial charge in [-0.25, -0.2) is 4.79 Å². The molecule has 4 aromatic rings. The van der Waals surface area contributed by atoms with E-state index in [4.69, 9.17) is 4.74 Å². The lowest BCUT2D eigenvalue weighted by molar-refractivity contribution is 0.0971. The fraction of sp³-hybridized carbons (Fsp3) is 0.208. The van der Waals surface area contributed by atoms with Gasteiger partial charge in [-0.15, -0.1) is 11.3 Å². The molecule has 0 saturated heterocycles. The number of carbonyl (C=O) groups excluding carboxylic acids is 1. The molecular weight excluding hydrogens is 412 g/mol. The molecule has 0 aliphatic rings. The molecule has 7 heteroatoms. The number of carbonyl (C=O) groups is 1. The molecule has 0 saturated carbocycles. The van der Waals surface area contributed by atoms with Crippen molar-refractivity contribution in [3.63, 3.8) is 0 Å². The van der Waals surface area contributed by atoms with Crippen LogP contribution in [0, 0.1) is 6.92 Å². The summed E-state index contributed by atoms with van der Waals surface area (Å²) in [5.74, 6) is 0.473. The van der Waals surface area contributed by atoms with Crippen molar-refractivity contribution >= 4 is 27.3 Å². The van der Waals surface area contributed by atoms with E-state index >= 15 is 0 Å². The van der Waals surface area contributed by atoms with E-state index in [0.717, 1.165) is 11.1 Å². The fourth-order valence-electron chi connectivity index (χ4n) is 3.44. The van der Waals surface area contributed by atoms with Gasteiger partial charge >= 0.3 is 5.69 Å². The quantitative estimate of drug-likeness (QED) is 0.414. The van der Waals surface area contributed by atoms with Crippen molar-refractivity contribution in [2.24, 2.45) is 0 Å². The number of aryl methyl sites for hydroxylation is 1. The maximum Gasteiger partial charge on any atom is 0.332 e. The minimum atomic E-state index is -0.490. The van der Waals surface area contributed by atoms with Crippen molar-refractivity contribution in [1.82, 2.24) is 9.13 Å². The molecular formula is C24H22N2O4S. The Labute approximate surface area is 183 Å². The number of fused-ring (bicyclic) bond motifs is 1. The molecule has 0 fully saturated rings. The molecule has 4 rings (SSSR count). The van der Waals surface area contributed by atoms with E-state index in [0.29, 0.717) is 28.1 Å². The van der Waals surface area contributed by atoms with Gasteiger partial charge in [-0.05, 0) is 55.1 Å². The van der Waals surface area contributed by atoms with Gasteiger partial charge < -0.3 is 4.74 Å². The zero-order chi connectivity index (χ0) is 22.0. The summed E-state index contributed by atoms with van der Waals surface area (Å²) in [6, 6.07) is 16.2. The van der Waals surface area contributed by atoms with Gasteiger partial charge in [0, 0.05) is 5.56 Å². The number of rotatable bonds is 7. The molecule has 2 aromatic heterocycles. The number of thiophene rings is 1. The summed E-state index contributed by atoms with van der Waals surface area (Å²) in [6.45, 7) is 4.43. The second-order valence-corrected chi connectivity index (χ2v) is 8.18. The molecule has 2 heterocycles. The lowest BCUT2D eigenvalue weighted by atomic mass is 10.1. The predicted octanol–water partition coefficient (Wildman–Crippen LogP) is 3.86. The largest absolute Gasteiger partial charge is 0.494 e. The molecule has 0 radical (unpaired) electrons. The highest BCUT2D eigenvalue weighted by molar-refractivity contribution is 7.17. The topological polar surface area (TPSA) is 70.3 Å². The zero-order valence-electron chi connectivity index (χ0n) is 17.3. The van der Waals surface area contributed by atoms with Crippen LogP contribution in [-0.4, -0.2) is 21.5 Å². The smallest absolute Gasteiger partial charge is 0.332 e. The van der Waals surface area contributed by atoms with Crippen LogP contribution in [0.2, 0.25) is 0 Å². The summed E-state index contributed by atoms with van der Waals surface area (Å²) in [6.07, 6.45) is 0. The van der Waals surface area contributed by atoms with Crippen LogP contribution >= 0.6 is 11.3 Å². The SMILES string of the molecule is CCOc1ccc(C(=O)Cn2c(=O)n(Cc3ccc(C)cc3)c(=O)c3sccc32)cc1. The first-order valence-corrected chi connectivity index (χ1v) is 10.9. The Morgan fingerprint density at radius 1 is 0.968 bits per heavy atom. The highest BCUT2D eigenvalue weighted by Gasteiger charge is 2.17. The standard InChI is InChI=1S/C24H22N2O4S/c1-3-30-19-10-8-18(9-11-19)21(27)15-25-20-12-13-31-22(20)23(28)26(24(25)29)14-17-6-4-16(2)5-7-17/h4-13H,3,14-15H2,1-2H3.